The first-order valence-electron chi connectivity index (χ1n) is 20.9. The molecule has 5 heteroatoms. The van der Waals surface area contributed by atoms with Crippen LogP contribution in [-0.2, 0) is 21.7 Å². The summed E-state index contributed by atoms with van der Waals surface area (Å²) in [5.74, 6) is 0. The van der Waals surface area contributed by atoms with Gasteiger partial charge in [-0.2, -0.15) is 0 Å². The number of H-pyrrole nitrogens is 2. The molecule has 0 saturated carbocycles. The molecule has 8 rings (SSSR count). The van der Waals surface area contributed by atoms with Gasteiger partial charge in [-0.1, -0.05) is 132 Å². The summed E-state index contributed by atoms with van der Waals surface area (Å²) >= 11 is 0. The lowest BCUT2D eigenvalue weighted by molar-refractivity contribution is 0.568. The average molecular weight is 778 g/mol. The van der Waals surface area contributed by atoms with E-state index in [1.165, 1.54) is 22.3 Å². The molecule has 0 amide bonds. The van der Waals surface area contributed by atoms with E-state index < -0.39 is 0 Å². The summed E-state index contributed by atoms with van der Waals surface area (Å²) in [5, 5.41) is 0. The summed E-state index contributed by atoms with van der Waals surface area (Å²) in [6, 6.07) is 33.2. The number of nitrogen functional groups attached to an aromatic ring is 1. The van der Waals surface area contributed by atoms with Gasteiger partial charge in [-0.15, -0.1) is 0 Å². The average Bonchev–Trinajstić information content (AvgIpc) is 3.97. The summed E-state index contributed by atoms with van der Waals surface area (Å²) < 4.78 is 0. The number of hydrogen-bond donors (Lipinski definition) is 3. The zero-order chi connectivity index (χ0) is 42.2. The maximum atomic E-state index is 6.46. The smallest absolute Gasteiger partial charge is 0.0737 e. The molecule has 0 aliphatic carbocycles. The molecule has 59 heavy (non-hydrogen) atoms. The summed E-state index contributed by atoms with van der Waals surface area (Å²) in [7, 11) is 0. The van der Waals surface area contributed by atoms with E-state index in [1.807, 2.05) is 12.1 Å². The van der Waals surface area contributed by atoms with Gasteiger partial charge in [0, 0.05) is 38.9 Å². The van der Waals surface area contributed by atoms with Gasteiger partial charge in [0.25, 0.3) is 0 Å². The Kier molecular flexibility index (Phi) is 9.54. The minimum absolute atomic E-state index is 0.0339. The highest BCUT2D eigenvalue weighted by Crippen LogP contribution is 2.42. The number of nitrogens with zero attached hydrogens (tertiary/aromatic N) is 2. The monoisotopic (exact) mass is 777 g/mol. The predicted molar refractivity (Wildman–Crippen MR) is 254 cm³/mol. The van der Waals surface area contributed by atoms with Crippen LogP contribution in [0.15, 0.2) is 91.0 Å². The van der Waals surface area contributed by atoms with Gasteiger partial charge in [-0.25, -0.2) is 9.97 Å². The Morgan fingerprint density at radius 1 is 0.441 bits per heavy atom. The number of nitrogens with one attached hydrogen (secondary N) is 2. The van der Waals surface area contributed by atoms with Gasteiger partial charge in [-0.3, -0.25) is 0 Å². The highest BCUT2D eigenvalue weighted by atomic mass is 14.8. The molecule has 0 radical (unpaired) electrons. The lowest BCUT2D eigenvalue weighted by atomic mass is 9.78. The van der Waals surface area contributed by atoms with Crippen molar-refractivity contribution in [2.75, 3.05) is 5.73 Å². The van der Waals surface area contributed by atoms with E-state index >= 15 is 0 Å². The number of hydrogen-bond acceptors (Lipinski definition) is 3. The summed E-state index contributed by atoms with van der Waals surface area (Å²) in [5.41, 5.74) is 26.1. The van der Waals surface area contributed by atoms with E-state index in [9.17, 15) is 0 Å². The minimum Gasteiger partial charge on any atom is -0.399 e. The van der Waals surface area contributed by atoms with Crippen molar-refractivity contribution in [3.63, 3.8) is 0 Å². The molecular weight excluding hydrogens is 719 g/mol. The Balaban J connectivity index is 1.51. The van der Waals surface area contributed by atoms with E-state index in [0.29, 0.717) is 5.69 Å². The van der Waals surface area contributed by atoms with Crippen LogP contribution < -0.4 is 5.73 Å². The maximum Gasteiger partial charge on any atom is 0.0737 e. The first-order valence-corrected chi connectivity index (χ1v) is 20.9. The Morgan fingerprint density at radius 2 is 0.932 bits per heavy atom. The molecule has 0 fully saturated rings. The van der Waals surface area contributed by atoms with Crippen LogP contribution in [0.3, 0.4) is 0 Å². The van der Waals surface area contributed by atoms with E-state index in [-0.39, 0.29) is 21.7 Å². The van der Waals surface area contributed by atoms with Crippen LogP contribution in [0.25, 0.3) is 79.8 Å². The van der Waals surface area contributed by atoms with E-state index in [2.05, 4.69) is 196 Å². The van der Waals surface area contributed by atoms with E-state index in [4.69, 9.17) is 15.7 Å². The van der Waals surface area contributed by atoms with Gasteiger partial charge in [-0.05, 0) is 127 Å². The van der Waals surface area contributed by atoms with Crippen LogP contribution in [0.1, 0.15) is 128 Å². The van der Waals surface area contributed by atoms with Crippen LogP contribution in [0.4, 0.5) is 5.69 Å². The Hall–Kier alpha value is -5.94. The van der Waals surface area contributed by atoms with Crippen molar-refractivity contribution in [3.05, 3.63) is 136 Å². The van der Waals surface area contributed by atoms with Crippen molar-refractivity contribution in [2.24, 2.45) is 0 Å². The van der Waals surface area contributed by atoms with Gasteiger partial charge in [0.15, 0.2) is 0 Å². The molecular formula is C54H59N5. The molecule has 3 aromatic heterocycles. The first-order chi connectivity index (χ1) is 27.6. The second kappa shape index (κ2) is 14.1. The number of nitrogens with two attached hydrogens (primary N) is 1. The molecule has 8 bridgehead atoms. The first kappa shape index (κ1) is 39.9. The fraction of sp³-hybridized carbons (Fsp3) is 0.296. The van der Waals surface area contributed by atoms with E-state index in [0.717, 1.165) is 78.2 Å². The van der Waals surface area contributed by atoms with Crippen molar-refractivity contribution in [3.8, 4) is 33.4 Å². The molecule has 2 aliphatic heterocycles. The fourth-order valence-electron chi connectivity index (χ4n) is 7.98. The third kappa shape index (κ3) is 8.08. The Bertz CT molecular complexity index is 2800. The van der Waals surface area contributed by atoms with Gasteiger partial charge in [0.05, 0.1) is 28.3 Å². The lowest BCUT2D eigenvalue weighted by Gasteiger charge is -2.26. The topological polar surface area (TPSA) is 83.4 Å². The standard InChI is InChI=1S/C54H59N5/c1-51(2,3)35-22-33(23-36(27-35)52(4,5)6)48-45-19-16-40(56-45)29-41-18-21-47(58-41)49(34-24-37(53(7,8)9)28-38(25-34)54(10,11)12)50-44(32-14-13-15-39(55)26-32)31-43(59-50)30-42-17-20-46(48)57-42/h13-31,56,59H,55H2,1-12H3. The van der Waals surface area contributed by atoms with Gasteiger partial charge in [0.2, 0.25) is 0 Å². The van der Waals surface area contributed by atoms with Crippen LogP contribution >= 0.6 is 0 Å². The Labute approximate surface area is 350 Å². The van der Waals surface area contributed by atoms with Crippen LogP contribution in [0.5, 0.6) is 0 Å². The van der Waals surface area contributed by atoms with Crippen LogP contribution in [-0.4, -0.2) is 19.9 Å². The molecule has 0 spiro atoms. The second-order valence-electron chi connectivity index (χ2n) is 20.6. The lowest BCUT2D eigenvalue weighted by Crippen LogP contribution is -2.16. The van der Waals surface area contributed by atoms with Gasteiger partial charge >= 0.3 is 0 Å². The van der Waals surface area contributed by atoms with Crippen molar-refractivity contribution < 1.29 is 0 Å². The van der Waals surface area contributed by atoms with Gasteiger partial charge in [0.1, 0.15) is 0 Å². The van der Waals surface area contributed by atoms with Crippen molar-refractivity contribution >= 4 is 52.1 Å². The summed E-state index contributed by atoms with van der Waals surface area (Å²) in [4.78, 5) is 18.4. The van der Waals surface area contributed by atoms with E-state index in [1.54, 1.807) is 0 Å². The summed E-state index contributed by atoms with van der Waals surface area (Å²) in [6.07, 6.45) is 8.56. The molecule has 0 atom stereocenters. The highest BCUT2D eigenvalue weighted by molar-refractivity contribution is 6.00. The van der Waals surface area contributed by atoms with Crippen molar-refractivity contribution in [2.45, 2.75) is 105 Å². The molecule has 6 aromatic rings. The fourth-order valence-corrected chi connectivity index (χ4v) is 7.98. The Morgan fingerprint density at radius 3 is 1.44 bits per heavy atom. The number of aromatic nitrogens is 4. The minimum atomic E-state index is -0.0661. The summed E-state index contributed by atoms with van der Waals surface area (Å²) in [6.45, 7) is 27.4. The highest BCUT2D eigenvalue weighted by Gasteiger charge is 2.25. The number of rotatable bonds is 3. The van der Waals surface area contributed by atoms with Crippen molar-refractivity contribution in [1.82, 2.24) is 19.9 Å². The van der Waals surface area contributed by atoms with Crippen LogP contribution in [0, 0.1) is 0 Å². The van der Waals surface area contributed by atoms with Gasteiger partial charge < -0.3 is 15.7 Å². The molecule has 0 saturated heterocycles. The predicted octanol–water partition coefficient (Wildman–Crippen LogP) is 14.4. The largest absolute Gasteiger partial charge is 0.399 e. The number of aromatic amines is 2. The zero-order valence-corrected chi connectivity index (χ0v) is 36.9. The molecule has 300 valence electrons. The maximum absolute atomic E-state index is 6.46. The molecule has 0 unspecified atom stereocenters. The molecule has 5 heterocycles. The van der Waals surface area contributed by atoms with Crippen molar-refractivity contribution in [1.29, 1.82) is 0 Å². The number of benzene rings is 3. The third-order valence-corrected chi connectivity index (χ3v) is 11.6. The SMILES string of the molecule is CC(C)(C)c1cc(-c2c3nc(cc4cc(-c5cccc(N)c5)c([nH]4)c(-c4cc(C(C)(C)C)cc(C(C)(C)C)c4)c4nc(cc5ccc2[nH]5)C=C4)C=C3)cc(C(C)(C)C)c1. The quantitative estimate of drug-likeness (QED) is 0.156. The molecule has 2 aliphatic rings. The third-order valence-electron chi connectivity index (χ3n) is 11.6. The second-order valence-corrected chi connectivity index (χ2v) is 20.6. The normalized spacial score (nSPS) is 13.4. The molecule has 3 aromatic carbocycles. The van der Waals surface area contributed by atoms with Crippen LogP contribution in [0.2, 0.25) is 0 Å². The molecule has 5 nitrogen and oxygen atoms in total. The number of fused-ring (bicyclic) bond motifs is 8. The zero-order valence-electron chi connectivity index (χ0n) is 36.9. The molecule has 4 N–H and O–H groups in total. The number of anilines is 1.